The van der Waals surface area contributed by atoms with E-state index in [4.69, 9.17) is 0 Å². The summed E-state index contributed by atoms with van der Waals surface area (Å²) in [5.74, 6) is 2.16. The summed E-state index contributed by atoms with van der Waals surface area (Å²) < 4.78 is 17.9. The molecule has 8 nitrogen and oxygen atoms in total. The molecule has 1 unspecified atom stereocenters. The average Bonchev–Trinajstić information content (AvgIpc) is 3.21. The summed E-state index contributed by atoms with van der Waals surface area (Å²) in [6.45, 7) is 10.7. The molecule has 182 valence electrons. The number of imidazole rings is 1. The third-order valence-corrected chi connectivity index (χ3v) is 6.65. The van der Waals surface area contributed by atoms with Crippen molar-refractivity contribution in [2.24, 2.45) is 0 Å². The molecule has 4 aromatic rings. The molecule has 0 bridgehead atoms. The highest BCUT2D eigenvalue weighted by Crippen LogP contribution is 2.23. The van der Waals surface area contributed by atoms with E-state index in [0.29, 0.717) is 16.7 Å². The van der Waals surface area contributed by atoms with E-state index in [9.17, 15) is 4.21 Å². The molecule has 9 heteroatoms. The van der Waals surface area contributed by atoms with E-state index in [0.717, 1.165) is 29.3 Å². The van der Waals surface area contributed by atoms with Gasteiger partial charge in [-0.2, -0.15) is 4.98 Å². The maximum atomic E-state index is 12.7. The molecule has 0 spiro atoms. The van der Waals surface area contributed by atoms with Gasteiger partial charge in [0.1, 0.15) is 22.6 Å². The smallest absolute Gasteiger partial charge is 0.229 e. The van der Waals surface area contributed by atoms with Crippen LogP contribution in [-0.4, -0.2) is 29.3 Å². The Labute approximate surface area is 208 Å². The van der Waals surface area contributed by atoms with E-state index in [-0.39, 0.29) is 5.54 Å². The van der Waals surface area contributed by atoms with Crippen LogP contribution in [0.2, 0.25) is 0 Å². The van der Waals surface area contributed by atoms with Crippen LogP contribution in [0.25, 0.3) is 0 Å². The molecule has 2 heterocycles. The van der Waals surface area contributed by atoms with Crippen LogP contribution >= 0.6 is 0 Å². The van der Waals surface area contributed by atoms with Gasteiger partial charge in [-0.1, -0.05) is 18.2 Å². The van der Waals surface area contributed by atoms with E-state index in [1.54, 1.807) is 6.20 Å². The number of aromatic nitrogens is 4. The fourth-order valence-corrected chi connectivity index (χ4v) is 4.49. The molecule has 0 aliphatic rings. The van der Waals surface area contributed by atoms with Crippen LogP contribution in [0.1, 0.15) is 37.7 Å². The molecular weight excluding hydrogens is 458 g/mol. The predicted octanol–water partition coefficient (Wildman–Crippen LogP) is 5.24. The second-order valence-corrected chi connectivity index (χ2v) is 10.6. The Kier molecular flexibility index (Phi) is 7.28. The van der Waals surface area contributed by atoms with E-state index in [1.807, 2.05) is 83.4 Å². The molecule has 4 rings (SSSR count). The lowest BCUT2D eigenvalue weighted by atomic mass is 10.1. The largest absolute Gasteiger partial charge is 0.340 e. The van der Waals surface area contributed by atoms with Gasteiger partial charge in [0, 0.05) is 47.6 Å². The summed E-state index contributed by atoms with van der Waals surface area (Å²) in [4.78, 5) is 14.0. The minimum atomic E-state index is -1.31. The van der Waals surface area contributed by atoms with Crippen molar-refractivity contribution in [3.05, 3.63) is 84.1 Å². The molecule has 0 fully saturated rings. The van der Waals surface area contributed by atoms with Crippen molar-refractivity contribution in [1.29, 1.82) is 0 Å². The van der Waals surface area contributed by atoms with Gasteiger partial charge in [-0.15, -0.1) is 0 Å². The molecule has 1 atom stereocenters. The van der Waals surface area contributed by atoms with Crippen LogP contribution in [0.5, 0.6) is 0 Å². The topological polar surface area (TPSA) is 96.8 Å². The lowest BCUT2D eigenvalue weighted by molar-refractivity contribution is 0.519. The summed E-state index contributed by atoms with van der Waals surface area (Å²) in [6, 6.07) is 15.7. The van der Waals surface area contributed by atoms with E-state index in [1.165, 1.54) is 5.56 Å². The van der Waals surface area contributed by atoms with Gasteiger partial charge >= 0.3 is 0 Å². The van der Waals surface area contributed by atoms with Crippen molar-refractivity contribution in [1.82, 2.24) is 24.2 Å². The first-order valence-electron chi connectivity index (χ1n) is 11.4. The molecule has 35 heavy (non-hydrogen) atoms. The van der Waals surface area contributed by atoms with Crippen LogP contribution in [0.15, 0.2) is 72.0 Å². The molecule has 0 aliphatic heterocycles. The summed E-state index contributed by atoms with van der Waals surface area (Å²) in [7, 11) is -1.31. The van der Waals surface area contributed by atoms with Crippen LogP contribution in [0.4, 0.5) is 23.1 Å². The SMILES string of the molecule is Cc1cnc(Nc2ccc(Cn3ccnc3C)cc2)nc1Nc1cccc(S(=O)NC(C)(C)C)c1. The number of aryl methyl sites for hydroxylation is 2. The minimum absolute atomic E-state index is 0.255. The highest BCUT2D eigenvalue weighted by Gasteiger charge is 2.15. The van der Waals surface area contributed by atoms with Crippen molar-refractivity contribution in [3.63, 3.8) is 0 Å². The van der Waals surface area contributed by atoms with Crippen LogP contribution in [-0.2, 0) is 17.5 Å². The second-order valence-electron chi connectivity index (χ2n) is 9.42. The first-order chi connectivity index (χ1) is 16.7. The summed E-state index contributed by atoms with van der Waals surface area (Å²) in [5.41, 5.74) is 3.53. The third-order valence-electron chi connectivity index (χ3n) is 5.17. The fraction of sp³-hybridized carbons (Fsp3) is 0.269. The Morgan fingerprint density at radius 2 is 1.74 bits per heavy atom. The molecule has 2 aromatic carbocycles. The standard InChI is InChI=1S/C26H31N7OS/c1-18-16-28-25(30-21-11-9-20(10-12-21)17-33-14-13-27-19(33)2)31-24(18)29-22-7-6-8-23(15-22)35(34)32-26(3,4)5/h6-16,32H,17H2,1-5H3,(H2,28,29,30,31). The quantitative estimate of drug-likeness (QED) is 0.313. The van der Waals surface area contributed by atoms with Gasteiger partial charge in [0.15, 0.2) is 0 Å². The Morgan fingerprint density at radius 3 is 2.43 bits per heavy atom. The molecule has 0 saturated carbocycles. The van der Waals surface area contributed by atoms with Gasteiger partial charge in [0.25, 0.3) is 0 Å². The second kappa shape index (κ2) is 10.4. The number of hydrogen-bond donors (Lipinski definition) is 3. The van der Waals surface area contributed by atoms with Crippen LogP contribution < -0.4 is 15.4 Å². The van der Waals surface area contributed by atoms with Crippen molar-refractivity contribution >= 4 is 34.1 Å². The zero-order chi connectivity index (χ0) is 25.0. The van der Waals surface area contributed by atoms with Crippen LogP contribution in [0, 0.1) is 13.8 Å². The van der Waals surface area contributed by atoms with Gasteiger partial charge in [0.2, 0.25) is 5.95 Å². The summed E-state index contributed by atoms with van der Waals surface area (Å²) in [6.07, 6.45) is 5.56. The molecular formula is C26H31N7OS. The normalized spacial score (nSPS) is 12.4. The van der Waals surface area contributed by atoms with Gasteiger partial charge < -0.3 is 15.2 Å². The van der Waals surface area contributed by atoms with Crippen molar-refractivity contribution < 1.29 is 4.21 Å². The molecule has 0 saturated heterocycles. The first-order valence-corrected chi connectivity index (χ1v) is 12.6. The molecule has 0 radical (unpaired) electrons. The van der Waals surface area contributed by atoms with E-state index < -0.39 is 11.0 Å². The zero-order valence-corrected chi connectivity index (χ0v) is 21.5. The maximum Gasteiger partial charge on any atom is 0.229 e. The minimum Gasteiger partial charge on any atom is -0.340 e. The Bertz CT molecular complexity index is 1330. The van der Waals surface area contributed by atoms with Crippen molar-refractivity contribution in [3.8, 4) is 0 Å². The van der Waals surface area contributed by atoms with Gasteiger partial charge in [-0.25, -0.2) is 18.9 Å². The molecule has 0 amide bonds. The third kappa shape index (κ3) is 6.74. The lowest BCUT2D eigenvalue weighted by Gasteiger charge is -2.19. The van der Waals surface area contributed by atoms with Gasteiger partial charge in [-0.3, -0.25) is 0 Å². The maximum absolute atomic E-state index is 12.7. The van der Waals surface area contributed by atoms with Gasteiger partial charge in [0.05, 0.1) is 4.90 Å². The predicted molar refractivity (Wildman–Crippen MR) is 142 cm³/mol. The Morgan fingerprint density at radius 1 is 0.971 bits per heavy atom. The fourth-order valence-electron chi connectivity index (χ4n) is 3.38. The number of nitrogens with zero attached hydrogens (tertiary/aromatic N) is 4. The van der Waals surface area contributed by atoms with Crippen LogP contribution in [0.3, 0.4) is 0 Å². The van der Waals surface area contributed by atoms with Crippen molar-refractivity contribution in [2.75, 3.05) is 10.6 Å². The number of benzene rings is 2. The molecule has 2 aromatic heterocycles. The lowest BCUT2D eigenvalue weighted by Crippen LogP contribution is -2.37. The Balaban J connectivity index is 1.45. The number of anilines is 4. The Hall–Kier alpha value is -3.56. The first kappa shape index (κ1) is 24.6. The van der Waals surface area contributed by atoms with Gasteiger partial charge in [-0.05, 0) is 70.5 Å². The summed E-state index contributed by atoms with van der Waals surface area (Å²) in [5, 5.41) is 6.60. The van der Waals surface area contributed by atoms with E-state index in [2.05, 4.69) is 47.0 Å². The summed E-state index contributed by atoms with van der Waals surface area (Å²) >= 11 is 0. The number of rotatable bonds is 8. The number of nitrogens with one attached hydrogen (secondary N) is 3. The monoisotopic (exact) mass is 489 g/mol. The zero-order valence-electron chi connectivity index (χ0n) is 20.7. The average molecular weight is 490 g/mol. The van der Waals surface area contributed by atoms with Crippen molar-refractivity contribution in [2.45, 2.75) is 51.6 Å². The molecule has 0 aliphatic carbocycles. The highest BCUT2D eigenvalue weighted by atomic mass is 32.2. The number of hydrogen-bond acceptors (Lipinski definition) is 6. The molecule has 3 N–H and O–H groups in total. The van der Waals surface area contributed by atoms with E-state index >= 15 is 0 Å². The highest BCUT2D eigenvalue weighted by molar-refractivity contribution is 7.83.